The van der Waals surface area contributed by atoms with E-state index in [1.807, 2.05) is 12.1 Å². The van der Waals surface area contributed by atoms with E-state index in [2.05, 4.69) is 18.7 Å². The van der Waals surface area contributed by atoms with Gasteiger partial charge in [-0.1, -0.05) is 38.8 Å². The fourth-order valence-corrected chi connectivity index (χ4v) is 3.97. The van der Waals surface area contributed by atoms with E-state index in [9.17, 15) is 8.42 Å². The zero-order valence-corrected chi connectivity index (χ0v) is 14.2. The Hall–Kier alpha value is -1.03. The number of para-hydroxylation sites is 1. The summed E-state index contributed by atoms with van der Waals surface area (Å²) in [7, 11) is -3.16. The highest BCUT2D eigenvalue weighted by Crippen LogP contribution is 2.31. The smallest absolute Gasteiger partial charge is 0.177 e. The third kappa shape index (κ3) is 4.47. The lowest BCUT2D eigenvalue weighted by Crippen LogP contribution is -2.34. The van der Waals surface area contributed by atoms with Crippen LogP contribution in [0.4, 0.5) is 5.69 Å². The van der Waals surface area contributed by atoms with Crippen molar-refractivity contribution in [1.29, 1.82) is 0 Å². The second-order valence-electron chi connectivity index (χ2n) is 6.64. The van der Waals surface area contributed by atoms with Crippen molar-refractivity contribution < 1.29 is 8.42 Å². The zero-order chi connectivity index (χ0) is 15.5. The highest BCUT2D eigenvalue weighted by Gasteiger charge is 2.23. The molecule has 0 aromatic heterocycles. The Balaban J connectivity index is 2.03. The molecule has 118 valence electrons. The molecule has 1 fully saturated rings. The van der Waals surface area contributed by atoms with Crippen LogP contribution in [0.25, 0.3) is 0 Å². The molecule has 1 aliphatic rings. The van der Waals surface area contributed by atoms with Gasteiger partial charge >= 0.3 is 0 Å². The maximum Gasteiger partial charge on any atom is 0.177 e. The van der Waals surface area contributed by atoms with E-state index in [1.165, 1.54) is 31.9 Å². The fourth-order valence-electron chi connectivity index (χ4n) is 3.06. The molecule has 1 heterocycles. The predicted molar refractivity (Wildman–Crippen MR) is 88.6 cm³/mol. The van der Waals surface area contributed by atoms with Gasteiger partial charge < -0.3 is 4.90 Å². The quantitative estimate of drug-likeness (QED) is 0.831. The average molecular weight is 309 g/mol. The Kier molecular flexibility index (Phi) is 5.31. The van der Waals surface area contributed by atoms with Crippen LogP contribution in [0.1, 0.15) is 39.5 Å². The highest BCUT2D eigenvalue weighted by molar-refractivity contribution is 7.90. The first-order valence-electron chi connectivity index (χ1n) is 7.92. The average Bonchev–Trinajstić information content (AvgIpc) is 2.45. The summed E-state index contributed by atoms with van der Waals surface area (Å²) < 4.78 is 23.8. The molecule has 1 aromatic rings. The summed E-state index contributed by atoms with van der Waals surface area (Å²) in [6, 6.07) is 7.38. The Morgan fingerprint density at radius 3 is 2.38 bits per heavy atom. The largest absolute Gasteiger partial charge is 0.370 e. The minimum absolute atomic E-state index is 0.464. The van der Waals surface area contributed by atoms with Crippen LogP contribution in [-0.4, -0.2) is 27.8 Å². The minimum atomic E-state index is -3.16. The Morgan fingerprint density at radius 1 is 1.19 bits per heavy atom. The lowest BCUT2D eigenvalue weighted by molar-refractivity contribution is 0.351. The molecular formula is C17H27NO2S. The van der Waals surface area contributed by atoms with Gasteiger partial charge in [-0.15, -0.1) is 0 Å². The second kappa shape index (κ2) is 6.82. The molecule has 0 saturated carbocycles. The van der Waals surface area contributed by atoms with Gasteiger partial charge in [-0.3, -0.25) is 0 Å². The molecule has 0 spiro atoms. The van der Waals surface area contributed by atoms with E-state index in [-0.39, 0.29) is 0 Å². The molecule has 0 amide bonds. The van der Waals surface area contributed by atoms with Gasteiger partial charge in [0.05, 0.1) is 10.6 Å². The summed E-state index contributed by atoms with van der Waals surface area (Å²) in [5.41, 5.74) is 0.877. The summed E-state index contributed by atoms with van der Waals surface area (Å²) in [6.07, 6.45) is 6.24. The maximum absolute atomic E-state index is 11.9. The number of rotatable bonds is 5. The van der Waals surface area contributed by atoms with E-state index in [4.69, 9.17) is 0 Å². The van der Waals surface area contributed by atoms with Crippen molar-refractivity contribution in [3.63, 3.8) is 0 Å². The Bertz CT molecular complexity index is 558. The molecule has 0 atom stereocenters. The first kappa shape index (κ1) is 16.3. The minimum Gasteiger partial charge on any atom is -0.370 e. The van der Waals surface area contributed by atoms with Gasteiger partial charge in [-0.25, -0.2) is 8.42 Å². The highest BCUT2D eigenvalue weighted by atomic mass is 32.2. The number of piperidine rings is 1. The van der Waals surface area contributed by atoms with Crippen LogP contribution in [0, 0.1) is 11.8 Å². The molecule has 1 aliphatic heterocycles. The number of benzene rings is 1. The monoisotopic (exact) mass is 309 g/mol. The van der Waals surface area contributed by atoms with Crippen LogP contribution in [0.5, 0.6) is 0 Å². The lowest BCUT2D eigenvalue weighted by Gasteiger charge is -2.34. The fraction of sp³-hybridized carbons (Fsp3) is 0.647. The van der Waals surface area contributed by atoms with Gasteiger partial charge in [0, 0.05) is 19.3 Å². The molecule has 0 N–H and O–H groups in total. The summed E-state index contributed by atoms with van der Waals surface area (Å²) in [6.45, 7) is 6.49. The normalized spacial score (nSPS) is 17.4. The van der Waals surface area contributed by atoms with E-state index in [0.717, 1.165) is 30.6 Å². The molecule has 0 bridgehead atoms. The molecule has 2 rings (SSSR count). The van der Waals surface area contributed by atoms with Crippen molar-refractivity contribution in [3.8, 4) is 0 Å². The van der Waals surface area contributed by atoms with Crippen molar-refractivity contribution in [2.24, 2.45) is 11.8 Å². The number of hydrogen-bond acceptors (Lipinski definition) is 3. The van der Waals surface area contributed by atoms with E-state index >= 15 is 0 Å². The van der Waals surface area contributed by atoms with Gasteiger partial charge in [0.1, 0.15) is 0 Å². The maximum atomic E-state index is 11.9. The Labute approximate surface area is 129 Å². The van der Waals surface area contributed by atoms with Gasteiger partial charge in [-0.2, -0.15) is 0 Å². The lowest BCUT2D eigenvalue weighted by atomic mass is 9.89. The second-order valence-corrected chi connectivity index (χ2v) is 8.63. The van der Waals surface area contributed by atoms with Crippen molar-refractivity contribution in [1.82, 2.24) is 0 Å². The summed E-state index contributed by atoms with van der Waals surface area (Å²) >= 11 is 0. The number of sulfone groups is 1. The van der Waals surface area contributed by atoms with Gasteiger partial charge in [0.15, 0.2) is 9.84 Å². The number of nitrogens with zero attached hydrogens (tertiary/aromatic N) is 1. The van der Waals surface area contributed by atoms with Crippen LogP contribution < -0.4 is 4.90 Å². The van der Waals surface area contributed by atoms with Crippen LogP contribution >= 0.6 is 0 Å². The first-order chi connectivity index (χ1) is 9.88. The molecule has 4 heteroatoms. The molecule has 1 saturated heterocycles. The van der Waals surface area contributed by atoms with Crippen molar-refractivity contribution in [2.75, 3.05) is 24.2 Å². The van der Waals surface area contributed by atoms with Gasteiger partial charge in [-0.05, 0) is 36.8 Å². The van der Waals surface area contributed by atoms with Crippen molar-refractivity contribution >= 4 is 15.5 Å². The van der Waals surface area contributed by atoms with Crippen LogP contribution in [0.3, 0.4) is 0 Å². The predicted octanol–water partition coefficient (Wildman–Crippen LogP) is 3.74. The summed E-state index contributed by atoms with van der Waals surface area (Å²) in [5, 5.41) is 0. The topological polar surface area (TPSA) is 37.4 Å². The first-order valence-corrected chi connectivity index (χ1v) is 9.81. The van der Waals surface area contributed by atoms with Crippen LogP contribution in [0.2, 0.25) is 0 Å². The van der Waals surface area contributed by atoms with Gasteiger partial charge in [0.25, 0.3) is 0 Å². The van der Waals surface area contributed by atoms with Gasteiger partial charge in [0.2, 0.25) is 0 Å². The zero-order valence-electron chi connectivity index (χ0n) is 13.4. The summed E-state index contributed by atoms with van der Waals surface area (Å²) in [4.78, 5) is 2.70. The Morgan fingerprint density at radius 2 is 1.81 bits per heavy atom. The van der Waals surface area contributed by atoms with E-state index in [0.29, 0.717) is 4.90 Å². The van der Waals surface area contributed by atoms with Crippen molar-refractivity contribution in [3.05, 3.63) is 24.3 Å². The SMILES string of the molecule is CC(C)CCC1CCN(c2ccccc2S(C)(=O)=O)CC1. The number of hydrogen-bond donors (Lipinski definition) is 0. The van der Waals surface area contributed by atoms with Crippen molar-refractivity contribution in [2.45, 2.75) is 44.4 Å². The van der Waals surface area contributed by atoms with Crippen LogP contribution in [-0.2, 0) is 9.84 Å². The molecule has 0 aliphatic carbocycles. The standard InChI is InChI=1S/C17H27NO2S/c1-14(2)8-9-15-10-12-18(13-11-15)16-6-4-5-7-17(16)21(3,19)20/h4-7,14-15H,8-13H2,1-3H3. The third-order valence-corrected chi connectivity index (χ3v) is 5.52. The molecular weight excluding hydrogens is 282 g/mol. The summed E-state index contributed by atoms with van der Waals surface area (Å²) in [5.74, 6) is 1.57. The van der Waals surface area contributed by atoms with E-state index in [1.54, 1.807) is 12.1 Å². The molecule has 0 unspecified atom stereocenters. The molecule has 21 heavy (non-hydrogen) atoms. The third-order valence-electron chi connectivity index (χ3n) is 4.37. The molecule has 0 radical (unpaired) electrons. The molecule has 3 nitrogen and oxygen atoms in total. The number of anilines is 1. The molecule has 1 aromatic carbocycles. The van der Waals surface area contributed by atoms with E-state index < -0.39 is 9.84 Å². The van der Waals surface area contributed by atoms with Crippen LogP contribution in [0.15, 0.2) is 29.2 Å².